The lowest BCUT2D eigenvalue weighted by molar-refractivity contribution is 0.596. The van der Waals surface area contributed by atoms with Gasteiger partial charge in [-0.25, -0.2) is 8.42 Å². The Morgan fingerprint density at radius 1 is 1.56 bits per heavy atom. The van der Waals surface area contributed by atoms with Crippen molar-refractivity contribution in [2.24, 2.45) is 0 Å². The minimum Gasteiger partial charge on any atom is -0.309 e. The maximum atomic E-state index is 10.3. The first-order valence-corrected chi connectivity index (χ1v) is 4.08. The van der Waals surface area contributed by atoms with Crippen LogP contribution in [0.3, 0.4) is 0 Å². The molecule has 0 bridgehead atoms. The average molecular weight is 148 g/mol. The van der Waals surface area contributed by atoms with Gasteiger partial charge in [0, 0.05) is 12.4 Å². The van der Waals surface area contributed by atoms with Gasteiger partial charge in [0.25, 0.3) is 0 Å². The van der Waals surface area contributed by atoms with E-state index in [0.717, 1.165) is 12.5 Å². The maximum Gasteiger partial charge on any atom is 0.229 e. The summed E-state index contributed by atoms with van der Waals surface area (Å²) in [7, 11) is -3.14. The summed E-state index contributed by atoms with van der Waals surface area (Å²) < 4.78 is 22.6. The van der Waals surface area contributed by atoms with Crippen LogP contribution in [0.1, 0.15) is 0 Å². The van der Waals surface area contributed by atoms with E-state index in [1.807, 2.05) is 0 Å². The third-order valence-electron chi connectivity index (χ3n) is 0.475. The maximum absolute atomic E-state index is 10.3. The third kappa shape index (κ3) is 7.16. The number of hydrogen-bond donors (Lipinski definition) is 2. The first-order valence-electron chi connectivity index (χ1n) is 2.19. The van der Waals surface area contributed by atoms with Crippen molar-refractivity contribution in [3.63, 3.8) is 0 Å². The molecular formula is C4H8N2O2S. The lowest BCUT2D eigenvalue weighted by Gasteiger charge is -1.91. The van der Waals surface area contributed by atoms with Gasteiger partial charge in [0.15, 0.2) is 0 Å². The molecule has 0 radical (unpaired) electrons. The van der Waals surface area contributed by atoms with Gasteiger partial charge in [-0.15, -0.1) is 0 Å². The van der Waals surface area contributed by atoms with Gasteiger partial charge in [-0.1, -0.05) is 0 Å². The van der Waals surface area contributed by atoms with Gasteiger partial charge in [-0.05, 0) is 6.08 Å². The van der Waals surface area contributed by atoms with Crippen molar-refractivity contribution in [1.82, 2.24) is 4.72 Å². The number of allylic oxidation sites excluding steroid dienone is 1. The molecule has 0 aromatic rings. The molecule has 0 aliphatic rings. The molecule has 52 valence electrons. The summed E-state index contributed by atoms with van der Waals surface area (Å²) in [4.78, 5) is 0. The highest BCUT2D eigenvalue weighted by Crippen LogP contribution is 1.71. The molecule has 0 amide bonds. The number of hydrogen-bond acceptors (Lipinski definition) is 3. The van der Waals surface area contributed by atoms with Gasteiger partial charge in [-0.3, -0.25) is 4.72 Å². The lowest BCUT2D eigenvalue weighted by atomic mass is 10.7. The Labute approximate surface area is 54.1 Å². The molecule has 4 nitrogen and oxygen atoms in total. The molecule has 0 aliphatic heterocycles. The zero-order valence-electron chi connectivity index (χ0n) is 4.96. The second-order valence-electron chi connectivity index (χ2n) is 1.42. The summed E-state index contributed by atoms with van der Waals surface area (Å²) in [6.07, 6.45) is 4.49. The van der Waals surface area contributed by atoms with Crippen LogP contribution in [0.25, 0.3) is 0 Å². The van der Waals surface area contributed by atoms with E-state index in [1.165, 1.54) is 12.3 Å². The zero-order valence-corrected chi connectivity index (χ0v) is 5.77. The Hall–Kier alpha value is -0.840. The van der Waals surface area contributed by atoms with E-state index < -0.39 is 10.0 Å². The average Bonchev–Trinajstić information content (AvgIpc) is 1.63. The molecule has 0 atom stereocenters. The Balaban J connectivity index is 3.78. The van der Waals surface area contributed by atoms with E-state index in [-0.39, 0.29) is 0 Å². The third-order valence-corrected chi connectivity index (χ3v) is 1.04. The van der Waals surface area contributed by atoms with Crippen LogP contribution in [0, 0.1) is 5.41 Å². The first kappa shape index (κ1) is 8.16. The summed E-state index contributed by atoms with van der Waals surface area (Å²) in [6.45, 7) is 0. The van der Waals surface area contributed by atoms with Crippen LogP contribution in [-0.4, -0.2) is 20.9 Å². The fourth-order valence-corrected chi connectivity index (χ4v) is 0.537. The van der Waals surface area contributed by atoms with Crippen LogP contribution >= 0.6 is 0 Å². The van der Waals surface area contributed by atoms with Gasteiger partial charge >= 0.3 is 0 Å². The lowest BCUT2D eigenvalue weighted by Crippen LogP contribution is -2.14. The Morgan fingerprint density at radius 2 is 2.11 bits per heavy atom. The Morgan fingerprint density at radius 3 is 2.44 bits per heavy atom. The van der Waals surface area contributed by atoms with Crippen molar-refractivity contribution in [3.05, 3.63) is 12.3 Å². The summed E-state index contributed by atoms with van der Waals surface area (Å²) in [5.41, 5.74) is 0. The van der Waals surface area contributed by atoms with E-state index in [4.69, 9.17) is 5.41 Å². The molecule has 5 heteroatoms. The number of rotatable bonds is 3. The fourth-order valence-electron chi connectivity index (χ4n) is 0.211. The molecule has 0 saturated heterocycles. The summed E-state index contributed by atoms with van der Waals surface area (Å²) in [5.74, 6) is 0. The number of nitrogens with one attached hydrogen (secondary N) is 2. The molecule has 0 aromatic heterocycles. The first-order chi connectivity index (χ1) is 4.06. The summed E-state index contributed by atoms with van der Waals surface area (Å²) in [5, 5.41) is 6.46. The molecule has 0 fully saturated rings. The van der Waals surface area contributed by atoms with Crippen molar-refractivity contribution >= 4 is 16.2 Å². The molecule has 0 saturated carbocycles. The topological polar surface area (TPSA) is 70.0 Å². The monoisotopic (exact) mass is 148 g/mol. The molecule has 0 unspecified atom stereocenters. The summed E-state index contributed by atoms with van der Waals surface area (Å²) >= 11 is 0. The van der Waals surface area contributed by atoms with Gasteiger partial charge in [0.05, 0.1) is 6.26 Å². The van der Waals surface area contributed by atoms with E-state index in [2.05, 4.69) is 4.72 Å². The molecule has 0 heterocycles. The van der Waals surface area contributed by atoms with E-state index >= 15 is 0 Å². The van der Waals surface area contributed by atoms with Crippen LogP contribution in [-0.2, 0) is 10.0 Å². The van der Waals surface area contributed by atoms with Crippen molar-refractivity contribution in [3.8, 4) is 0 Å². The van der Waals surface area contributed by atoms with Crippen LogP contribution in [0.15, 0.2) is 12.3 Å². The van der Waals surface area contributed by atoms with E-state index in [1.54, 1.807) is 0 Å². The normalized spacial score (nSPS) is 11.7. The molecule has 0 spiro atoms. The summed E-state index contributed by atoms with van der Waals surface area (Å²) in [6, 6.07) is 0. The zero-order chi connectivity index (χ0) is 7.33. The molecule has 0 aliphatic carbocycles. The minimum absolute atomic E-state index is 0.984. The van der Waals surface area contributed by atoms with Crippen molar-refractivity contribution < 1.29 is 8.42 Å². The molecular weight excluding hydrogens is 140 g/mol. The molecule has 9 heavy (non-hydrogen) atoms. The second-order valence-corrected chi connectivity index (χ2v) is 3.20. The highest BCUT2D eigenvalue weighted by molar-refractivity contribution is 7.88. The quantitative estimate of drug-likeness (QED) is 0.539. The van der Waals surface area contributed by atoms with Gasteiger partial charge in [0.2, 0.25) is 10.0 Å². The van der Waals surface area contributed by atoms with Gasteiger partial charge in [-0.2, -0.15) is 0 Å². The Kier molecular flexibility index (Phi) is 2.94. The molecule has 0 rings (SSSR count). The largest absolute Gasteiger partial charge is 0.309 e. The highest BCUT2D eigenvalue weighted by atomic mass is 32.2. The van der Waals surface area contributed by atoms with Crippen molar-refractivity contribution in [2.75, 3.05) is 6.26 Å². The SMILES string of the molecule is CS(=O)(=O)N/C=C\C=N. The number of sulfonamides is 1. The molecule has 0 aromatic carbocycles. The highest BCUT2D eigenvalue weighted by Gasteiger charge is 1.90. The second kappa shape index (κ2) is 3.24. The van der Waals surface area contributed by atoms with Crippen LogP contribution in [0.5, 0.6) is 0 Å². The minimum atomic E-state index is -3.14. The van der Waals surface area contributed by atoms with Crippen LogP contribution in [0.2, 0.25) is 0 Å². The van der Waals surface area contributed by atoms with Crippen molar-refractivity contribution in [1.29, 1.82) is 5.41 Å². The van der Waals surface area contributed by atoms with Gasteiger partial charge in [0.1, 0.15) is 0 Å². The van der Waals surface area contributed by atoms with Crippen LogP contribution in [0.4, 0.5) is 0 Å². The fraction of sp³-hybridized carbons (Fsp3) is 0.250. The van der Waals surface area contributed by atoms with E-state index in [0.29, 0.717) is 0 Å². The Bertz CT molecular complexity index is 205. The van der Waals surface area contributed by atoms with Crippen molar-refractivity contribution in [2.45, 2.75) is 0 Å². The van der Waals surface area contributed by atoms with Crippen LogP contribution < -0.4 is 4.72 Å². The van der Waals surface area contributed by atoms with Gasteiger partial charge < -0.3 is 5.41 Å². The predicted octanol–water partition coefficient (Wildman–Crippen LogP) is -0.301. The molecule has 2 N–H and O–H groups in total. The van der Waals surface area contributed by atoms with E-state index in [9.17, 15) is 8.42 Å². The smallest absolute Gasteiger partial charge is 0.229 e. The predicted molar refractivity (Wildman–Crippen MR) is 35.9 cm³/mol. The standard InChI is InChI=1S/C4H8N2O2S/c1-9(7,8)6-4-2-3-5/h2-6H,1H3/b4-2-,5-3?.